The van der Waals surface area contributed by atoms with Gasteiger partial charge in [-0.25, -0.2) is 9.67 Å². The molecule has 0 fully saturated rings. The van der Waals surface area contributed by atoms with E-state index in [1.165, 1.54) is 6.33 Å². The molecule has 0 unspecified atom stereocenters. The lowest BCUT2D eigenvalue weighted by atomic mass is 10.2. The predicted molar refractivity (Wildman–Crippen MR) is 77.4 cm³/mol. The van der Waals surface area contributed by atoms with Crippen LogP contribution in [0, 0.1) is 9.49 Å². The summed E-state index contributed by atoms with van der Waals surface area (Å²) in [6.07, 6.45) is 3.32. The van der Waals surface area contributed by atoms with Gasteiger partial charge in [0.05, 0.1) is 10.1 Å². The summed E-state index contributed by atoms with van der Waals surface area (Å²) >= 11 is 2.04. The molecule has 0 saturated carbocycles. The van der Waals surface area contributed by atoms with Gasteiger partial charge in [0.25, 0.3) is 5.56 Å². The van der Waals surface area contributed by atoms with E-state index in [2.05, 4.69) is 23.9 Å². The second-order valence-corrected chi connectivity index (χ2v) is 5.70. The van der Waals surface area contributed by atoms with Crippen molar-refractivity contribution in [1.82, 2.24) is 19.3 Å². The van der Waals surface area contributed by atoms with Crippen LogP contribution in [0.15, 0.2) is 29.5 Å². The van der Waals surface area contributed by atoms with E-state index in [4.69, 9.17) is 0 Å². The summed E-state index contributed by atoms with van der Waals surface area (Å²) in [5.74, 6) is 1.31. The molecule has 0 amide bonds. The van der Waals surface area contributed by atoms with Crippen LogP contribution in [0.4, 0.5) is 0 Å². The molecule has 0 aliphatic heterocycles. The standard InChI is InChI=1S/C12H15IN4O/c1-9(2)6-17-11(14-8-15-17)7-16-5-3-4-10(13)12(16)18/h3-5,8-9H,6-7H2,1-2H3. The Kier molecular flexibility index (Phi) is 4.15. The fourth-order valence-electron chi connectivity index (χ4n) is 1.69. The summed E-state index contributed by atoms with van der Waals surface area (Å²) in [5.41, 5.74) is 0.0113. The van der Waals surface area contributed by atoms with Crippen LogP contribution in [-0.4, -0.2) is 19.3 Å². The normalized spacial score (nSPS) is 11.1. The molecule has 0 N–H and O–H groups in total. The zero-order valence-electron chi connectivity index (χ0n) is 10.4. The van der Waals surface area contributed by atoms with E-state index in [9.17, 15) is 4.79 Å². The third-order valence-corrected chi connectivity index (χ3v) is 3.34. The molecule has 0 aliphatic carbocycles. The summed E-state index contributed by atoms with van der Waals surface area (Å²) < 4.78 is 4.23. The molecule has 0 bridgehead atoms. The van der Waals surface area contributed by atoms with E-state index >= 15 is 0 Å². The van der Waals surface area contributed by atoms with Crippen LogP contribution in [0.5, 0.6) is 0 Å². The molecule has 96 valence electrons. The van der Waals surface area contributed by atoms with Gasteiger partial charge in [-0.05, 0) is 40.6 Å². The number of pyridine rings is 1. The zero-order valence-corrected chi connectivity index (χ0v) is 12.5. The quantitative estimate of drug-likeness (QED) is 0.783. The maximum Gasteiger partial charge on any atom is 0.264 e. The van der Waals surface area contributed by atoms with Crippen molar-refractivity contribution in [1.29, 1.82) is 0 Å². The van der Waals surface area contributed by atoms with Crippen molar-refractivity contribution in [3.8, 4) is 0 Å². The van der Waals surface area contributed by atoms with Gasteiger partial charge in [-0.15, -0.1) is 0 Å². The van der Waals surface area contributed by atoms with Crippen LogP contribution in [0.1, 0.15) is 19.7 Å². The van der Waals surface area contributed by atoms with Crippen LogP contribution < -0.4 is 5.56 Å². The Morgan fingerprint density at radius 1 is 1.44 bits per heavy atom. The largest absolute Gasteiger partial charge is 0.307 e. The third kappa shape index (κ3) is 2.98. The van der Waals surface area contributed by atoms with Crippen molar-refractivity contribution in [3.63, 3.8) is 0 Å². The summed E-state index contributed by atoms with van der Waals surface area (Å²) in [6.45, 7) is 5.53. The third-order valence-electron chi connectivity index (χ3n) is 2.52. The van der Waals surface area contributed by atoms with Gasteiger partial charge >= 0.3 is 0 Å². The molecule has 0 spiro atoms. The lowest BCUT2D eigenvalue weighted by Crippen LogP contribution is -2.24. The number of hydrogen-bond acceptors (Lipinski definition) is 3. The first-order chi connectivity index (χ1) is 8.58. The van der Waals surface area contributed by atoms with Crippen LogP contribution in [-0.2, 0) is 13.1 Å². The van der Waals surface area contributed by atoms with Crippen molar-refractivity contribution < 1.29 is 0 Å². The molecule has 0 saturated heterocycles. The van der Waals surface area contributed by atoms with E-state index in [0.29, 0.717) is 16.0 Å². The molecule has 0 radical (unpaired) electrons. The highest BCUT2D eigenvalue weighted by atomic mass is 127. The summed E-state index contributed by atoms with van der Waals surface area (Å²) in [7, 11) is 0. The van der Waals surface area contributed by atoms with Gasteiger partial charge in [-0.2, -0.15) is 5.10 Å². The second kappa shape index (κ2) is 5.64. The maximum absolute atomic E-state index is 11.9. The van der Waals surface area contributed by atoms with E-state index in [1.807, 2.05) is 33.3 Å². The van der Waals surface area contributed by atoms with E-state index in [0.717, 1.165) is 12.4 Å². The number of halogens is 1. The average Bonchev–Trinajstić information content (AvgIpc) is 2.72. The lowest BCUT2D eigenvalue weighted by molar-refractivity contribution is 0.459. The predicted octanol–water partition coefficient (Wildman–Crippen LogP) is 1.75. The smallest absolute Gasteiger partial charge is 0.264 e. The number of rotatable bonds is 4. The summed E-state index contributed by atoms with van der Waals surface area (Å²) in [4.78, 5) is 16.2. The van der Waals surface area contributed by atoms with Crippen molar-refractivity contribution in [2.45, 2.75) is 26.9 Å². The lowest BCUT2D eigenvalue weighted by Gasteiger charge is -2.09. The zero-order chi connectivity index (χ0) is 13.1. The number of aromatic nitrogens is 4. The Hall–Kier alpha value is -1.18. The first kappa shape index (κ1) is 13.3. The fourth-order valence-corrected chi connectivity index (χ4v) is 2.21. The molecule has 18 heavy (non-hydrogen) atoms. The van der Waals surface area contributed by atoms with Crippen molar-refractivity contribution in [2.24, 2.45) is 5.92 Å². The van der Waals surface area contributed by atoms with Gasteiger partial charge in [-0.3, -0.25) is 4.79 Å². The van der Waals surface area contributed by atoms with Gasteiger partial charge in [0.15, 0.2) is 0 Å². The van der Waals surface area contributed by atoms with E-state index < -0.39 is 0 Å². The van der Waals surface area contributed by atoms with Crippen LogP contribution in [0.2, 0.25) is 0 Å². The van der Waals surface area contributed by atoms with Crippen LogP contribution in [0.3, 0.4) is 0 Å². The molecule has 2 aromatic heterocycles. The highest BCUT2D eigenvalue weighted by molar-refractivity contribution is 14.1. The highest BCUT2D eigenvalue weighted by Crippen LogP contribution is 2.03. The topological polar surface area (TPSA) is 52.7 Å². The van der Waals surface area contributed by atoms with Gasteiger partial charge in [0.1, 0.15) is 12.2 Å². The molecule has 0 aromatic carbocycles. The second-order valence-electron chi connectivity index (χ2n) is 4.54. The maximum atomic E-state index is 11.9. The fraction of sp³-hybridized carbons (Fsp3) is 0.417. The first-order valence-corrected chi connectivity index (χ1v) is 6.87. The van der Waals surface area contributed by atoms with Gasteiger partial charge in [0.2, 0.25) is 0 Å². The average molecular weight is 358 g/mol. The Bertz CT molecular complexity index is 588. The first-order valence-electron chi connectivity index (χ1n) is 5.79. The van der Waals surface area contributed by atoms with Gasteiger partial charge in [0, 0.05) is 12.7 Å². The number of hydrogen-bond donors (Lipinski definition) is 0. The molecular weight excluding hydrogens is 343 g/mol. The molecule has 0 atom stereocenters. The molecule has 5 nitrogen and oxygen atoms in total. The molecule has 6 heteroatoms. The SMILES string of the molecule is CC(C)Cn1ncnc1Cn1cccc(I)c1=O. The Morgan fingerprint density at radius 2 is 2.22 bits per heavy atom. The minimum Gasteiger partial charge on any atom is -0.307 e. The summed E-state index contributed by atoms with van der Waals surface area (Å²) in [6, 6.07) is 3.67. The molecular formula is C12H15IN4O. The highest BCUT2D eigenvalue weighted by Gasteiger charge is 2.08. The molecule has 2 aromatic rings. The minimum atomic E-state index is 0.0113. The van der Waals surface area contributed by atoms with Crippen molar-refractivity contribution >= 4 is 22.6 Å². The van der Waals surface area contributed by atoms with Crippen molar-refractivity contribution in [2.75, 3.05) is 0 Å². The minimum absolute atomic E-state index is 0.0113. The molecule has 2 rings (SSSR count). The molecule has 2 heterocycles. The Morgan fingerprint density at radius 3 is 2.94 bits per heavy atom. The van der Waals surface area contributed by atoms with Crippen LogP contribution >= 0.6 is 22.6 Å². The van der Waals surface area contributed by atoms with E-state index in [-0.39, 0.29) is 5.56 Å². The van der Waals surface area contributed by atoms with Crippen molar-refractivity contribution in [3.05, 3.63) is 44.4 Å². The summed E-state index contributed by atoms with van der Waals surface area (Å²) in [5, 5.41) is 4.19. The Balaban J connectivity index is 2.26. The monoisotopic (exact) mass is 358 g/mol. The van der Waals surface area contributed by atoms with Gasteiger partial charge in [-0.1, -0.05) is 13.8 Å². The van der Waals surface area contributed by atoms with Crippen LogP contribution in [0.25, 0.3) is 0 Å². The molecule has 0 aliphatic rings. The Labute approximate surface area is 119 Å². The number of nitrogens with zero attached hydrogens (tertiary/aromatic N) is 4. The van der Waals surface area contributed by atoms with E-state index in [1.54, 1.807) is 16.8 Å². The van der Waals surface area contributed by atoms with Gasteiger partial charge < -0.3 is 4.57 Å².